The van der Waals surface area contributed by atoms with E-state index in [2.05, 4.69) is 10.3 Å². The van der Waals surface area contributed by atoms with Crippen LogP contribution in [0.4, 0.5) is 0 Å². The molecule has 0 saturated heterocycles. The Morgan fingerprint density at radius 2 is 2.10 bits per heavy atom. The van der Waals surface area contributed by atoms with Gasteiger partial charge in [0.15, 0.2) is 0 Å². The number of fused-ring (bicyclic) bond motifs is 1. The van der Waals surface area contributed by atoms with Gasteiger partial charge in [0.25, 0.3) is 0 Å². The van der Waals surface area contributed by atoms with Gasteiger partial charge >= 0.3 is 0 Å². The van der Waals surface area contributed by atoms with Gasteiger partial charge in [0.1, 0.15) is 17.4 Å². The largest absolute Gasteiger partial charge is 0.388 e. The van der Waals surface area contributed by atoms with E-state index in [1.54, 1.807) is 6.07 Å². The zero-order valence-electron chi connectivity index (χ0n) is 10.9. The van der Waals surface area contributed by atoms with Gasteiger partial charge in [0.05, 0.1) is 5.52 Å². The first-order chi connectivity index (χ1) is 9.49. The van der Waals surface area contributed by atoms with Gasteiger partial charge in [-0.3, -0.25) is 4.79 Å². The van der Waals surface area contributed by atoms with Crippen molar-refractivity contribution in [3.63, 3.8) is 0 Å². The highest BCUT2D eigenvalue weighted by atomic mass is 35.5. The van der Waals surface area contributed by atoms with Crippen molar-refractivity contribution in [1.82, 2.24) is 10.3 Å². The van der Waals surface area contributed by atoms with Crippen molar-refractivity contribution >= 4 is 28.4 Å². The minimum atomic E-state index is -1.22. The maximum absolute atomic E-state index is 10.8. The maximum Gasteiger partial charge on any atom is 0.216 e. The lowest BCUT2D eigenvalue weighted by Crippen LogP contribution is -2.34. The summed E-state index contributed by atoms with van der Waals surface area (Å²) in [4.78, 5) is 15.0. The van der Waals surface area contributed by atoms with E-state index >= 15 is 0 Å². The molecule has 0 aliphatic carbocycles. The number of aliphatic hydroxyl groups is 2. The Morgan fingerprint density at radius 1 is 1.40 bits per heavy atom. The lowest BCUT2D eigenvalue weighted by atomic mass is 10.0. The molecule has 2 unspecified atom stereocenters. The second-order valence-corrected chi connectivity index (χ2v) is 4.87. The number of aromatic nitrogens is 1. The van der Waals surface area contributed by atoms with Crippen LogP contribution in [-0.4, -0.2) is 33.8 Å². The molecule has 5 nitrogen and oxygen atoms in total. The smallest absolute Gasteiger partial charge is 0.216 e. The first kappa shape index (κ1) is 14.7. The van der Waals surface area contributed by atoms with Crippen molar-refractivity contribution in [1.29, 1.82) is 0 Å². The third kappa shape index (κ3) is 3.25. The predicted molar refractivity (Wildman–Crippen MR) is 76.4 cm³/mol. The topological polar surface area (TPSA) is 82.5 Å². The summed E-state index contributed by atoms with van der Waals surface area (Å²) in [5, 5.41) is 23.4. The summed E-state index contributed by atoms with van der Waals surface area (Å²) in [5.41, 5.74) is 1.05. The second-order valence-electron chi connectivity index (χ2n) is 4.51. The maximum atomic E-state index is 10.8. The summed E-state index contributed by atoms with van der Waals surface area (Å²) in [6, 6.07) is 9.03. The summed E-state index contributed by atoms with van der Waals surface area (Å²) < 4.78 is 0. The van der Waals surface area contributed by atoms with Gasteiger partial charge in [-0.1, -0.05) is 29.8 Å². The minimum Gasteiger partial charge on any atom is -0.388 e. The van der Waals surface area contributed by atoms with Crippen LogP contribution >= 0.6 is 11.6 Å². The number of rotatable bonds is 4. The molecule has 0 aliphatic rings. The van der Waals surface area contributed by atoms with Gasteiger partial charge in [-0.2, -0.15) is 0 Å². The van der Waals surface area contributed by atoms with Crippen LogP contribution in [0.1, 0.15) is 18.6 Å². The number of benzene rings is 1. The molecule has 2 atom stereocenters. The molecule has 0 bridgehead atoms. The van der Waals surface area contributed by atoms with Crippen LogP contribution in [0.2, 0.25) is 5.15 Å². The summed E-state index contributed by atoms with van der Waals surface area (Å²) in [6.07, 6.45) is -2.37. The van der Waals surface area contributed by atoms with Crippen molar-refractivity contribution in [2.75, 3.05) is 6.54 Å². The molecule has 0 fully saturated rings. The third-order valence-electron chi connectivity index (χ3n) is 2.95. The van der Waals surface area contributed by atoms with Gasteiger partial charge in [-0.05, 0) is 12.1 Å². The molecule has 2 aromatic rings. The number of aliphatic hydroxyl groups excluding tert-OH is 2. The Kier molecular flexibility index (Phi) is 4.54. The Hall–Kier alpha value is -1.69. The molecule has 0 spiro atoms. The fourth-order valence-corrected chi connectivity index (χ4v) is 2.14. The van der Waals surface area contributed by atoms with Crippen LogP contribution in [-0.2, 0) is 4.79 Å². The predicted octanol–water partition coefficient (Wildman–Crippen LogP) is 1.42. The lowest BCUT2D eigenvalue weighted by molar-refractivity contribution is -0.119. The molecule has 1 aromatic heterocycles. The molecule has 20 heavy (non-hydrogen) atoms. The van der Waals surface area contributed by atoms with Gasteiger partial charge < -0.3 is 15.5 Å². The summed E-state index contributed by atoms with van der Waals surface area (Å²) in [5.74, 6) is -0.279. The van der Waals surface area contributed by atoms with Crippen LogP contribution in [0, 0.1) is 0 Å². The number of carbonyl (C=O) groups excluding carboxylic acids is 1. The third-order valence-corrected chi connectivity index (χ3v) is 3.25. The van der Waals surface area contributed by atoms with Crippen LogP contribution in [0.5, 0.6) is 0 Å². The highest BCUT2D eigenvalue weighted by Gasteiger charge is 2.22. The van der Waals surface area contributed by atoms with Gasteiger partial charge in [-0.25, -0.2) is 4.98 Å². The minimum absolute atomic E-state index is 0.0559. The van der Waals surface area contributed by atoms with Crippen molar-refractivity contribution in [3.05, 3.63) is 41.0 Å². The van der Waals surface area contributed by atoms with Gasteiger partial charge in [-0.15, -0.1) is 0 Å². The van der Waals surface area contributed by atoms with Crippen LogP contribution in [0.15, 0.2) is 30.3 Å². The molecule has 1 heterocycles. The molecule has 0 radical (unpaired) electrons. The lowest BCUT2D eigenvalue weighted by Gasteiger charge is -2.19. The first-order valence-corrected chi connectivity index (χ1v) is 6.52. The number of carbonyl (C=O) groups is 1. The summed E-state index contributed by atoms with van der Waals surface area (Å²) in [7, 11) is 0. The van der Waals surface area contributed by atoms with E-state index in [9.17, 15) is 15.0 Å². The van der Waals surface area contributed by atoms with Crippen molar-refractivity contribution < 1.29 is 15.0 Å². The van der Waals surface area contributed by atoms with Crippen molar-refractivity contribution in [2.45, 2.75) is 19.1 Å². The number of halogens is 1. The van der Waals surface area contributed by atoms with Gasteiger partial charge in [0, 0.05) is 24.4 Å². The van der Waals surface area contributed by atoms with E-state index in [-0.39, 0.29) is 17.6 Å². The second kappa shape index (κ2) is 6.17. The first-order valence-electron chi connectivity index (χ1n) is 6.15. The van der Waals surface area contributed by atoms with Gasteiger partial charge in [0.2, 0.25) is 5.91 Å². The molecule has 3 N–H and O–H groups in total. The van der Waals surface area contributed by atoms with E-state index in [4.69, 9.17) is 11.6 Å². The number of nitrogens with one attached hydrogen (secondary N) is 1. The Bertz CT molecular complexity index is 633. The number of hydrogen-bond donors (Lipinski definition) is 3. The molecular formula is C14H15ClN2O3. The quantitative estimate of drug-likeness (QED) is 0.745. The molecule has 106 valence electrons. The molecule has 0 aliphatic heterocycles. The fraction of sp³-hybridized carbons (Fsp3) is 0.286. The van der Waals surface area contributed by atoms with E-state index in [0.29, 0.717) is 11.1 Å². The molecular weight excluding hydrogens is 280 g/mol. The number of para-hydroxylation sites is 1. The molecule has 2 rings (SSSR count). The van der Waals surface area contributed by atoms with E-state index < -0.39 is 12.2 Å². The van der Waals surface area contributed by atoms with Crippen LogP contribution in [0.3, 0.4) is 0 Å². The van der Waals surface area contributed by atoms with E-state index in [0.717, 1.165) is 5.39 Å². The van der Waals surface area contributed by atoms with Crippen molar-refractivity contribution in [2.24, 2.45) is 0 Å². The van der Waals surface area contributed by atoms with E-state index in [1.165, 1.54) is 6.92 Å². The standard InChI is InChI=1S/C14H15ClN2O3/c1-8(18)16-7-12(19)13(20)10-6-9-4-2-3-5-11(9)17-14(10)15/h2-6,12-13,19-20H,7H2,1H3,(H,16,18). The van der Waals surface area contributed by atoms with Crippen LogP contribution < -0.4 is 5.32 Å². The zero-order valence-corrected chi connectivity index (χ0v) is 11.6. The summed E-state index contributed by atoms with van der Waals surface area (Å²) >= 11 is 6.04. The normalized spacial score (nSPS) is 14.0. The summed E-state index contributed by atoms with van der Waals surface area (Å²) in [6.45, 7) is 1.28. The fourth-order valence-electron chi connectivity index (χ4n) is 1.88. The number of nitrogens with zero attached hydrogens (tertiary/aromatic N) is 1. The molecule has 0 saturated carbocycles. The Morgan fingerprint density at radius 3 is 2.80 bits per heavy atom. The molecule has 6 heteroatoms. The number of pyridine rings is 1. The highest BCUT2D eigenvalue weighted by molar-refractivity contribution is 6.30. The Labute approximate surface area is 121 Å². The average Bonchev–Trinajstić information content (AvgIpc) is 2.43. The zero-order chi connectivity index (χ0) is 14.7. The monoisotopic (exact) mass is 294 g/mol. The number of amides is 1. The van der Waals surface area contributed by atoms with Crippen molar-refractivity contribution in [3.8, 4) is 0 Å². The highest BCUT2D eigenvalue weighted by Crippen LogP contribution is 2.27. The van der Waals surface area contributed by atoms with Crippen LogP contribution in [0.25, 0.3) is 10.9 Å². The van der Waals surface area contributed by atoms with E-state index in [1.807, 2.05) is 24.3 Å². The molecule has 1 aromatic carbocycles. The number of hydrogen-bond acceptors (Lipinski definition) is 4. The Balaban J connectivity index is 2.26. The SMILES string of the molecule is CC(=O)NCC(O)C(O)c1cc2ccccc2nc1Cl. The molecule has 1 amide bonds. The average molecular weight is 295 g/mol.